The van der Waals surface area contributed by atoms with Crippen LogP contribution in [-0.4, -0.2) is 9.13 Å². The Bertz CT molecular complexity index is 2020. The van der Waals surface area contributed by atoms with Gasteiger partial charge in [0.2, 0.25) is 0 Å². The summed E-state index contributed by atoms with van der Waals surface area (Å²) >= 11 is 0. The topological polar surface area (TPSA) is 9.86 Å². The van der Waals surface area contributed by atoms with Crippen molar-refractivity contribution >= 4 is 21.8 Å². The first kappa shape index (κ1) is 25.7. The van der Waals surface area contributed by atoms with E-state index in [4.69, 9.17) is 0 Å². The molecule has 9 rings (SSSR count). The number of nitrogens with zero attached hydrogens (tertiary/aromatic N) is 2. The monoisotopic (exact) mass is 568 g/mol. The molecule has 2 aliphatic rings. The third kappa shape index (κ3) is 4.08. The number of aromatic nitrogens is 2. The second-order valence-electron chi connectivity index (χ2n) is 12.6. The van der Waals surface area contributed by atoms with E-state index in [1.165, 1.54) is 105 Å². The van der Waals surface area contributed by atoms with Gasteiger partial charge in [0, 0.05) is 33.5 Å². The van der Waals surface area contributed by atoms with Crippen LogP contribution in [0.15, 0.2) is 121 Å². The molecule has 2 nitrogen and oxygen atoms in total. The first-order chi connectivity index (χ1) is 21.8. The summed E-state index contributed by atoms with van der Waals surface area (Å²) in [5, 5.41) is 2.85. The summed E-state index contributed by atoms with van der Waals surface area (Å²) < 4.78 is 5.05. The maximum atomic E-state index is 2.52. The lowest BCUT2D eigenvalue weighted by Crippen LogP contribution is -2.07. The van der Waals surface area contributed by atoms with E-state index < -0.39 is 0 Å². The third-order valence-electron chi connectivity index (χ3n) is 10.1. The van der Waals surface area contributed by atoms with Crippen LogP contribution in [0.3, 0.4) is 0 Å². The van der Waals surface area contributed by atoms with Crippen molar-refractivity contribution in [2.75, 3.05) is 0 Å². The van der Waals surface area contributed by atoms with E-state index in [1.54, 1.807) is 11.1 Å². The summed E-state index contributed by atoms with van der Waals surface area (Å²) in [7, 11) is 0. The van der Waals surface area contributed by atoms with Gasteiger partial charge in [0.05, 0.1) is 11.0 Å². The van der Waals surface area contributed by atoms with Crippen molar-refractivity contribution in [3.05, 3.63) is 144 Å². The average Bonchev–Trinajstić information content (AvgIpc) is 3.62. The molecule has 0 radical (unpaired) electrons. The smallest absolute Gasteiger partial charge is 0.0534 e. The Hall–Kier alpha value is -4.82. The highest BCUT2D eigenvalue weighted by Crippen LogP contribution is 2.37. The van der Waals surface area contributed by atoms with Crippen LogP contribution in [0, 0.1) is 0 Å². The maximum Gasteiger partial charge on any atom is 0.0534 e. The summed E-state index contributed by atoms with van der Waals surface area (Å²) in [4.78, 5) is 0. The van der Waals surface area contributed by atoms with E-state index >= 15 is 0 Å². The zero-order chi connectivity index (χ0) is 29.0. The van der Waals surface area contributed by atoms with Gasteiger partial charge in [0.25, 0.3) is 0 Å². The molecular weight excluding hydrogens is 532 g/mol. The van der Waals surface area contributed by atoms with E-state index in [1.807, 2.05) is 0 Å². The van der Waals surface area contributed by atoms with E-state index in [0.717, 1.165) is 12.8 Å². The van der Waals surface area contributed by atoms with Crippen molar-refractivity contribution in [2.24, 2.45) is 0 Å². The molecule has 0 unspecified atom stereocenters. The van der Waals surface area contributed by atoms with Crippen molar-refractivity contribution in [2.45, 2.75) is 51.4 Å². The molecule has 0 bridgehead atoms. The maximum absolute atomic E-state index is 2.52. The minimum Gasteiger partial charge on any atom is -0.313 e. The second-order valence-corrected chi connectivity index (χ2v) is 12.6. The zero-order valence-corrected chi connectivity index (χ0v) is 25.1. The molecule has 5 aromatic carbocycles. The molecule has 2 aliphatic carbocycles. The molecule has 214 valence electrons. The van der Waals surface area contributed by atoms with Crippen molar-refractivity contribution in [3.8, 4) is 33.6 Å². The summed E-state index contributed by atoms with van der Waals surface area (Å²) in [6.45, 7) is 0. The molecule has 0 amide bonds. The quantitative estimate of drug-likeness (QED) is 0.200. The molecule has 0 saturated heterocycles. The molecule has 2 aromatic heterocycles. The first-order valence-electron chi connectivity index (χ1n) is 16.4. The lowest BCUT2D eigenvalue weighted by molar-refractivity contribution is 0.667. The molecule has 0 atom stereocenters. The second kappa shape index (κ2) is 10.4. The van der Waals surface area contributed by atoms with Crippen LogP contribution in [0.25, 0.3) is 55.4 Å². The molecule has 7 aromatic rings. The van der Waals surface area contributed by atoms with Gasteiger partial charge < -0.3 is 9.13 Å². The molecule has 44 heavy (non-hydrogen) atoms. The van der Waals surface area contributed by atoms with Crippen molar-refractivity contribution in [1.82, 2.24) is 9.13 Å². The van der Waals surface area contributed by atoms with Gasteiger partial charge in [-0.1, -0.05) is 84.9 Å². The summed E-state index contributed by atoms with van der Waals surface area (Å²) in [6.07, 6.45) is 9.82. The van der Waals surface area contributed by atoms with E-state index in [-0.39, 0.29) is 0 Å². The fourth-order valence-electron chi connectivity index (χ4n) is 8.09. The van der Waals surface area contributed by atoms with Gasteiger partial charge in [0.15, 0.2) is 0 Å². The molecule has 0 saturated carbocycles. The molecule has 0 spiro atoms. The van der Waals surface area contributed by atoms with Gasteiger partial charge in [-0.25, -0.2) is 0 Å². The van der Waals surface area contributed by atoms with Crippen LogP contribution < -0.4 is 0 Å². The summed E-state index contributed by atoms with van der Waals surface area (Å²) in [5.74, 6) is 0. The number of benzene rings is 5. The van der Waals surface area contributed by atoms with Gasteiger partial charge in [-0.2, -0.15) is 0 Å². The summed E-state index contributed by atoms with van der Waals surface area (Å²) in [6, 6.07) is 45.3. The molecule has 0 N–H and O–H groups in total. The van der Waals surface area contributed by atoms with E-state index in [2.05, 4.69) is 130 Å². The Morgan fingerprint density at radius 1 is 0.364 bits per heavy atom. The van der Waals surface area contributed by atoms with Crippen LogP contribution in [0.2, 0.25) is 0 Å². The molecular formula is C42H36N2. The minimum absolute atomic E-state index is 1.16. The fourth-order valence-corrected chi connectivity index (χ4v) is 8.09. The number of hydrogen-bond acceptors (Lipinski definition) is 0. The normalized spacial score (nSPS) is 14.5. The zero-order valence-electron chi connectivity index (χ0n) is 25.1. The van der Waals surface area contributed by atoms with Crippen LogP contribution in [-0.2, 0) is 25.7 Å². The highest BCUT2D eigenvalue weighted by molar-refractivity contribution is 5.89. The lowest BCUT2D eigenvalue weighted by Gasteiger charge is -2.17. The highest BCUT2D eigenvalue weighted by atomic mass is 15.0. The number of para-hydroxylation sites is 2. The Balaban J connectivity index is 1.07. The lowest BCUT2D eigenvalue weighted by atomic mass is 9.95. The van der Waals surface area contributed by atoms with E-state index in [0.29, 0.717) is 0 Å². The number of fused-ring (bicyclic) bond motifs is 6. The SMILES string of the molecule is c1cc(-c2ccc(-c3cccc(-n4c5c(c6ccccc64)CCCC5)c3)cc2)cc(-n2c3c(c4ccccc42)CCCC3)c1. The summed E-state index contributed by atoms with van der Waals surface area (Å²) in [5.41, 5.74) is 16.3. The Morgan fingerprint density at radius 3 is 1.27 bits per heavy atom. The Morgan fingerprint density at radius 2 is 0.795 bits per heavy atom. The van der Waals surface area contributed by atoms with Crippen LogP contribution in [0.1, 0.15) is 48.2 Å². The van der Waals surface area contributed by atoms with Gasteiger partial charge in [-0.3, -0.25) is 0 Å². The predicted octanol–water partition coefficient (Wildman–Crippen LogP) is 10.7. The molecule has 2 heterocycles. The van der Waals surface area contributed by atoms with Crippen LogP contribution in [0.4, 0.5) is 0 Å². The average molecular weight is 569 g/mol. The molecule has 0 fully saturated rings. The van der Waals surface area contributed by atoms with Gasteiger partial charge in [-0.15, -0.1) is 0 Å². The number of rotatable bonds is 4. The highest BCUT2D eigenvalue weighted by Gasteiger charge is 2.22. The minimum atomic E-state index is 1.16. The van der Waals surface area contributed by atoms with Crippen molar-refractivity contribution in [3.63, 3.8) is 0 Å². The van der Waals surface area contributed by atoms with Crippen molar-refractivity contribution < 1.29 is 0 Å². The van der Waals surface area contributed by atoms with E-state index in [9.17, 15) is 0 Å². The van der Waals surface area contributed by atoms with Crippen molar-refractivity contribution in [1.29, 1.82) is 0 Å². The Kier molecular flexibility index (Phi) is 6.07. The Labute approximate surface area is 259 Å². The van der Waals surface area contributed by atoms with Gasteiger partial charge in [-0.05, 0) is 121 Å². The van der Waals surface area contributed by atoms with Crippen LogP contribution >= 0.6 is 0 Å². The van der Waals surface area contributed by atoms with Gasteiger partial charge >= 0.3 is 0 Å². The molecule has 0 aliphatic heterocycles. The largest absolute Gasteiger partial charge is 0.313 e. The number of aryl methyl sites for hydroxylation is 2. The fraction of sp³-hybridized carbons (Fsp3) is 0.190. The van der Waals surface area contributed by atoms with Crippen LogP contribution in [0.5, 0.6) is 0 Å². The predicted molar refractivity (Wildman–Crippen MR) is 184 cm³/mol. The standard InChI is InChI=1S/C42H36N2/c1-5-19-39-35(15-1)36-16-2-6-20-40(36)43(39)33-13-9-11-31(27-33)29-23-25-30(26-24-29)32-12-10-14-34(28-32)44-41-21-7-3-17-37(41)38-18-4-8-22-42(38)44/h1,3,5,7,9-15,17,19,21,23-28H,2,4,6,8,16,18,20,22H2. The third-order valence-corrected chi connectivity index (χ3v) is 10.1. The number of hydrogen-bond donors (Lipinski definition) is 0. The van der Waals surface area contributed by atoms with Gasteiger partial charge in [0.1, 0.15) is 0 Å². The molecule has 2 heteroatoms. The first-order valence-corrected chi connectivity index (χ1v) is 16.4.